The molecule has 2 nitrogen and oxygen atoms in total. The van der Waals surface area contributed by atoms with Crippen molar-refractivity contribution in [3.05, 3.63) is 10.9 Å². The van der Waals surface area contributed by atoms with Gasteiger partial charge in [-0.05, 0) is 11.8 Å². The summed E-state index contributed by atoms with van der Waals surface area (Å²) in [4.78, 5) is 0. The third kappa shape index (κ3) is 2.70. The normalized spacial score (nSPS) is 11.6. The van der Waals surface area contributed by atoms with Gasteiger partial charge in [-0.15, -0.1) is 11.3 Å². The van der Waals surface area contributed by atoms with E-state index >= 15 is 0 Å². The first-order chi connectivity index (χ1) is 7.56. The predicted molar refractivity (Wildman–Crippen MR) is 70.0 cm³/mol. The van der Waals surface area contributed by atoms with Gasteiger partial charge in [0.05, 0.1) is 14.2 Å². The van der Waals surface area contributed by atoms with Crippen LogP contribution in [0, 0.1) is 0 Å². The Hall–Kier alpha value is -0.700. The first-order valence-electron chi connectivity index (χ1n) is 5.76. The molecule has 0 aromatic carbocycles. The molecule has 92 valence electrons. The summed E-state index contributed by atoms with van der Waals surface area (Å²) in [7, 11) is 3.40. The monoisotopic (exact) mass is 242 g/mol. The van der Waals surface area contributed by atoms with Gasteiger partial charge in [0.1, 0.15) is 0 Å². The minimum atomic E-state index is 0.161. The summed E-state index contributed by atoms with van der Waals surface area (Å²) in [6.07, 6.45) is 3.65. The number of rotatable bonds is 6. The maximum absolute atomic E-state index is 5.46. The number of hydrogen-bond donors (Lipinski definition) is 0. The topological polar surface area (TPSA) is 18.5 Å². The number of ether oxygens (including phenoxy) is 2. The Kier molecular flexibility index (Phi) is 4.66. The van der Waals surface area contributed by atoms with Crippen molar-refractivity contribution in [2.45, 2.75) is 45.4 Å². The van der Waals surface area contributed by atoms with E-state index in [1.54, 1.807) is 25.6 Å². The molecule has 0 N–H and O–H groups in total. The average Bonchev–Trinajstić information content (AvgIpc) is 2.69. The Labute approximate surface area is 103 Å². The third-order valence-corrected chi connectivity index (χ3v) is 3.91. The van der Waals surface area contributed by atoms with Crippen LogP contribution in [0.2, 0.25) is 0 Å². The van der Waals surface area contributed by atoms with Crippen molar-refractivity contribution in [2.75, 3.05) is 14.2 Å². The standard InChI is InChI=1S/C13H22O2S/c1-6-7-8-13(2,3)10-9-16-12(15-5)11(10)14-4/h9H,6-8H2,1-5H3. The van der Waals surface area contributed by atoms with Crippen molar-refractivity contribution < 1.29 is 9.47 Å². The largest absolute Gasteiger partial charge is 0.492 e. The second kappa shape index (κ2) is 5.58. The molecule has 1 aromatic heterocycles. The van der Waals surface area contributed by atoms with Gasteiger partial charge in [0, 0.05) is 10.9 Å². The van der Waals surface area contributed by atoms with Crippen LogP contribution in [0.25, 0.3) is 0 Å². The number of hydrogen-bond acceptors (Lipinski definition) is 3. The molecule has 0 aliphatic rings. The second-order valence-electron chi connectivity index (χ2n) is 4.66. The SMILES string of the molecule is CCCCC(C)(C)c1csc(OC)c1OC. The lowest BCUT2D eigenvalue weighted by Crippen LogP contribution is -2.17. The van der Waals surface area contributed by atoms with Crippen LogP contribution in [0.15, 0.2) is 5.38 Å². The van der Waals surface area contributed by atoms with Gasteiger partial charge < -0.3 is 9.47 Å². The number of methoxy groups -OCH3 is 2. The zero-order valence-electron chi connectivity index (χ0n) is 10.9. The molecule has 0 unspecified atom stereocenters. The minimum Gasteiger partial charge on any atom is -0.492 e. The molecule has 1 rings (SSSR count). The molecular formula is C13H22O2S. The van der Waals surface area contributed by atoms with Gasteiger partial charge in [-0.1, -0.05) is 33.6 Å². The van der Waals surface area contributed by atoms with Crippen molar-refractivity contribution in [3.8, 4) is 10.8 Å². The number of unbranched alkanes of at least 4 members (excludes halogenated alkanes) is 1. The molecule has 16 heavy (non-hydrogen) atoms. The van der Waals surface area contributed by atoms with E-state index in [4.69, 9.17) is 9.47 Å². The van der Waals surface area contributed by atoms with Crippen LogP contribution in [0.1, 0.15) is 45.6 Å². The molecule has 0 aliphatic heterocycles. The first-order valence-corrected chi connectivity index (χ1v) is 6.64. The molecule has 0 saturated carbocycles. The van der Waals surface area contributed by atoms with Gasteiger partial charge in [-0.25, -0.2) is 0 Å². The first kappa shape index (κ1) is 13.4. The van der Waals surface area contributed by atoms with Crippen molar-refractivity contribution in [1.29, 1.82) is 0 Å². The molecule has 0 saturated heterocycles. The van der Waals surface area contributed by atoms with Gasteiger partial charge >= 0.3 is 0 Å². The van der Waals surface area contributed by atoms with E-state index in [0.29, 0.717) is 0 Å². The Morgan fingerprint density at radius 1 is 1.25 bits per heavy atom. The quantitative estimate of drug-likeness (QED) is 0.743. The lowest BCUT2D eigenvalue weighted by atomic mass is 9.81. The molecule has 3 heteroatoms. The molecule has 0 radical (unpaired) electrons. The maximum Gasteiger partial charge on any atom is 0.216 e. The molecule has 0 spiro atoms. The summed E-state index contributed by atoms with van der Waals surface area (Å²) < 4.78 is 10.8. The molecule has 0 aliphatic carbocycles. The fraction of sp³-hybridized carbons (Fsp3) is 0.692. The van der Waals surface area contributed by atoms with Crippen LogP contribution in [0.3, 0.4) is 0 Å². The highest BCUT2D eigenvalue weighted by molar-refractivity contribution is 7.12. The predicted octanol–water partition coefficient (Wildman–Crippen LogP) is 4.23. The van der Waals surface area contributed by atoms with Crippen molar-refractivity contribution >= 4 is 11.3 Å². The summed E-state index contributed by atoms with van der Waals surface area (Å²) in [5.74, 6) is 0.911. The van der Waals surface area contributed by atoms with E-state index in [1.807, 2.05) is 0 Å². The van der Waals surface area contributed by atoms with Crippen LogP contribution in [-0.4, -0.2) is 14.2 Å². The average molecular weight is 242 g/mol. The van der Waals surface area contributed by atoms with Crippen LogP contribution in [0.4, 0.5) is 0 Å². The van der Waals surface area contributed by atoms with E-state index in [1.165, 1.54) is 24.8 Å². The van der Waals surface area contributed by atoms with Gasteiger partial charge in [-0.2, -0.15) is 0 Å². The molecule has 1 heterocycles. The Balaban J connectivity index is 2.97. The van der Waals surface area contributed by atoms with Crippen molar-refractivity contribution in [3.63, 3.8) is 0 Å². The minimum absolute atomic E-state index is 0.161. The zero-order chi connectivity index (χ0) is 12.2. The van der Waals surface area contributed by atoms with E-state index in [2.05, 4.69) is 26.2 Å². The molecule has 1 aromatic rings. The molecule has 0 amide bonds. The lowest BCUT2D eigenvalue weighted by molar-refractivity contribution is 0.348. The van der Waals surface area contributed by atoms with Gasteiger partial charge in [-0.3, -0.25) is 0 Å². The fourth-order valence-electron chi connectivity index (χ4n) is 1.88. The van der Waals surface area contributed by atoms with Crippen molar-refractivity contribution in [1.82, 2.24) is 0 Å². The molecule has 0 atom stereocenters. The third-order valence-electron chi connectivity index (χ3n) is 2.99. The highest BCUT2D eigenvalue weighted by Gasteiger charge is 2.27. The van der Waals surface area contributed by atoms with Gasteiger partial charge in [0.2, 0.25) is 5.06 Å². The number of thiophene rings is 1. The smallest absolute Gasteiger partial charge is 0.216 e. The summed E-state index contributed by atoms with van der Waals surface area (Å²) in [6.45, 7) is 6.76. The summed E-state index contributed by atoms with van der Waals surface area (Å²) in [5.41, 5.74) is 1.43. The van der Waals surface area contributed by atoms with E-state index in [9.17, 15) is 0 Å². The van der Waals surface area contributed by atoms with Crippen LogP contribution in [-0.2, 0) is 5.41 Å². The van der Waals surface area contributed by atoms with E-state index < -0.39 is 0 Å². The molecule has 0 bridgehead atoms. The van der Waals surface area contributed by atoms with Crippen LogP contribution < -0.4 is 9.47 Å². The zero-order valence-corrected chi connectivity index (χ0v) is 11.7. The Bertz CT molecular complexity index is 329. The molecule has 0 fully saturated rings. The van der Waals surface area contributed by atoms with Gasteiger partial charge in [0.25, 0.3) is 0 Å². The Morgan fingerprint density at radius 2 is 1.94 bits per heavy atom. The van der Waals surface area contributed by atoms with Crippen LogP contribution >= 0.6 is 11.3 Å². The van der Waals surface area contributed by atoms with E-state index in [0.717, 1.165) is 10.8 Å². The summed E-state index contributed by atoms with van der Waals surface area (Å²) in [5, 5.41) is 3.04. The molecular weight excluding hydrogens is 220 g/mol. The van der Waals surface area contributed by atoms with Gasteiger partial charge in [0.15, 0.2) is 5.75 Å². The maximum atomic E-state index is 5.46. The Morgan fingerprint density at radius 3 is 2.44 bits per heavy atom. The summed E-state index contributed by atoms with van der Waals surface area (Å²) >= 11 is 1.61. The fourth-order valence-corrected chi connectivity index (χ4v) is 2.93. The summed E-state index contributed by atoms with van der Waals surface area (Å²) in [6, 6.07) is 0. The van der Waals surface area contributed by atoms with Crippen LogP contribution in [0.5, 0.6) is 10.8 Å². The highest BCUT2D eigenvalue weighted by Crippen LogP contribution is 2.45. The van der Waals surface area contributed by atoms with Crippen molar-refractivity contribution in [2.24, 2.45) is 0 Å². The second-order valence-corrected chi connectivity index (χ2v) is 5.50. The highest BCUT2D eigenvalue weighted by atomic mass is 32.1. The van der Waals surface area contributed by atoms with E-state index in [-0.39, 0.29) is 5.41 Å². The lowest BCUT2D eigenvalue weighted by Gasteiger charge is -2.24.